The summed E-state index contributed by atoms with van der Waals surface area (Å²) in [7, 11) is 0. The lowest BCUT2D eigenvalue weighted by Gasteiger charge is -2.30. The summed E-state index contributed by atoms with van der Waals surface area (Å²) >= 11 is 0. The number of hydrogen-bond donors (Lipinski definition) is 0. The molecule has 1 saturated heterocycles. The summed E-state index contributed by atoms with van der Waals surface area (Å²) in [5.74, 6) is 0.221. The Kier molecular flexibility index (Phi) is 5.56. The molecule has 0 amide bonds. The minimum Gasteiger partial charge on any atom is -0.379 e. The molecule has 1 atom stereocenters. The first kappa shape index (κ1) is 15.9. The molecule has 1 aliphatic heterocycles. The van der Waals surface area contributed by atoms with E-state index in [9.17, 15) is 4.79 Å². The van der Waals surface area contributed by atoms with Gasteiger partial charge in [-0.3, -0.25) is 9.69 Å². The molecule has 0 aromatic heterocycles. The first-order chi connectivity index (χ1) is 11.3. The zero-order chi connectivity index (χ0) is 15.9. The van der Waals surface area contributed by atoms with E-state index >= 15 is 0 Å². The van der Waals surface area contributed by atoms with Crippen LogP contribution in [0, 0.1) is 5.92 Å². The average molecular weight is 309 g/mol. The van der Waals surface area contributed by atoms with Crippen LogP contribution in [-0.4, -0.2) is 43.5 Å². The predicted molar refractivity (Wildman–Crippen MR) is 91.7 cm³/mol. The van der Waals surface area contributed by atoms with Crippen LogP contribution in [0.4, 0.5) is 0 Å². The van der Waals surface area contributed by atoms with Gasteiger partial charge in [0, 0.05) is 31.1 Å². The molecule has 23 heavy (non-hydrogen) atoms. The molecule has 120 valence electrons. The minimum absolute atomic E-state index is 0.0158. The van der Waals surface area contributed by atoms with Crippen molar-refractivity contribution in [3.63, 3.8) is 0 Å². The van der Waals surface area contributed by atoms with Crippen molar-refractivity contribution in [2.24, 2.45) is 5.92 Å². The second kappa shape index (κ2) is 8.04. The highest BCUT2D eigenvalue weighted by Crippen LogP contribution is 2.17. The molecular weight excluding hydrogens is 286 g/mol. The van der Waals surface area contributed by atoms with Crippen molar-refractivity contribution in [2.75, 3.05) is 32.8 Å². The smallest absolute Gasteiger partial charge is 0.167 e. The molecule has 2 aromatic rings. The lowest BCUT2D eigenvalue weighted by atomic mass is 9.90. The standard InChI is InChI=1S/C20H23NO2/c22-20(18-9-5-2-6-10-18)19(15-17-7-3-1-4-8-17)16-21-11-13-23-14-12-21/h1-10,19H,11-16H2/t19-/m1/s1. The maximum atomic E-state index is 13.0. The summed E-state index contributed by atoms with van der Waals surface area (Å²) in [6.07, 6.45) is 0.784. The van der Waals surface area contributed by atoms with Gasteiger partial charge in [-0.2, -0.15) is 0 Å². The summed E-state index contributed by atoms with van der Waals surface area (Å²) in [4.78, 5) is 15.3. The lowest BCUT2D eigenvalue weighted by molar-refractivity contribution is 0.0301. The molecule has 1 heterocycles. The number of carbonyl (C=O) groups excluding carboxylic acids is 1. The first-order valence-corrected chi connectivity index (χ1v) is 8.26. The number of ketones is 1. The van der Waals surface area contributed by atoms with Crippen LogP contribution in [0.3, 0.4) is 0 Å². The van der Waals surface area contributed by atoms with Crippen LogP contribution in [0.5, 0.6) is 0 Å². The normalized spacial score (nSPS) is 16.9. The lowest BCUT2D eigenvalue weighted by Crippen LogP contribution is -2.41. The van der Waals surface area contributed by atoms with Gasteiger partial charge in [0.25, 0.3) is 0 Å². The van der Waals surface area contributed by atoms with Crippen molar-refractivity contribution in [1.82, 2.24) is 4.90 Å². The maximum absolute atomic E-state index is 13.0. The van der Waals surface area contributed by atoms with Crippen molar-refractivity contribution >= 4 is 5.78 Å². The van der Waals surface area contributed by atoms with Gasteiger partial charge in [-0.05, 0) is 12.0 Å². The Balaban J connectivity index is 1.76. The highest BCUT2D eigenvalue weighted by Gasteiger charge is 2.24. The zero-order valence-corrected chi connectivity index (χ0v) is 13.4. The van der Waals surface area contributed by atoms with Crippen LogP contribution in [0.25, 0.3) is 0 Å². The van der Waals surface area contributed by atoms with Gasteiger partial charge in [0.1, 0.15) is 0 Å². The van der Waals surface area contributed by atoms with Crippen molar-refractivity contribution < 1.29 is 9.53 Å². The van der Waals surface area contributed by atoms with E-state index in [1.807, 2.05) is 48.5 Å². The third-order valence-electron chi connectivity index (χ3n) is 4.34. The average Bonchev–Trinajstić information content (AvgIpc) is 2.63. The molecule has 0 bridgehead atoms. The number of nitrogens with zero attached hydrogens (tertiary/aromatic N) is 1. The van der Waals surface area contributed by atoms with Gasteiger partial charge < -0.3 is 4.74 Å². The molecule has 1 fully saturated rings. The van der Waals surface area contributed by atoms with Crippen LogP contribution < -0.4 is 0 Å². The van der Waals surface area contributed by atoms with Crippen LogP contribution in [0.1, 0.15) is 15.9 Å². The third-order valence-corrected chi connectivity index (χ3v) is 4.34. The Hall–Kier alpha value is -1.97. The molecule has 0 N–H and O–H groups in total. The van der Waals surface area contributed by atoms with Gasteiger partial charge in [0.15, 0.2) is 5.78 Å². The van der Waals surface area contributed by atoms with Gasteiger partial charge >= 0.3 is 0 Å². The van der Waals surface area contributed by atoms with E-state index in [0.29, 0.717) is 0 Å². The molecule has 1 aliphatic rings. The quantitative estimate of drug-likeness (QED) is 0.768. The molecule has 0 spiro atoms. The number of benzene rings is 2. The summed E-state index contributed by atoms with van der Waals surface area (Å²) in [5, 5.41) is 0. The number of rotatable bonds is 6. The second-order valence-corrected chi connectivity index (χ2v) is 6.03. The summed E-state index contributed by atoms with van der Waals surface area (Å²) in [6, 6.07) is 19.9. The Morgan fingerprint density at radius 1 is 0.957 bits per heavy atom. The Morgan fingerprint density at radius 3 is 2.22 bits per heavy atom. The molecule has 2 aromatic carbocycles. The van der Waals surface area contributed by atoms with Crippen LogP contribution >= 0.6 is 0 Å². The van der Waals surface area contributed by atoms with E-state index in [-0.39, 0.29) is 11.7 Å². The van der Waals surface area contributed by atoms with Gasteiger partial charge in [-0.25, -0.2) is 0 Å². The van der Waals surface area contributed by atoms with Gasteiger partial charge in [-0.15, -0.1) is 0 Å². The fourth-order valence-electron chi connectivity index (χ4n) is 3.07. The number of hydrogen-bond acceptors (Lipinski definition) is 3. The minimum atomic E-state index is -0.0158. The maximum Gasteiger partial charge on any atom is 0.167 e. The summed E-state index contributed by atoms with van der Waals surface area (Å²) < 4.78 is 5.42. The van der Waals surface area contributed by atoms with Gasteiger partial charge in [0.2, 0.25) is 0 Å². The number of ether oxygens (including phenoxy) is 1. The largest absolute Gasteiger partial charge is 0.379 e. The second-order valence-electron chi connectivity index (χ2n) is 6.03. The fourth-order valence-corrected chi connectivity index (χ4v) is 3.07. The van der Waals surface area contributed by atoms with Gasteiger partial charge in [0.05, 0.1) is 13.2 Å². The molecule has 3 nitrogen and oxygen atoms in total. The summed E-state index contributed by atoms with van der Waals surface area (Å²) in [6.45, 7) is 4.14. The Labute approximate surface area is 137 Å². The first-order valence-electron chi connectivity index (χ1n) is 8.26. The van der Waals surface area contributed by atoms with E-state index < -0.39 is 0 Å². The molecule has 3 rings (SSSR count). The number of morpholine rings is 1. The molecule has 0 saturated carbocycles. The topological polar surface area (TPSA) is 29.5 Å². The molecule has 0 radical (unpaired) electrons. The van der Waals surface area contributed by atoms with Crippen molar-refractivity contribution in [3.05, 3.63) is 71.8 Å². The predicted octanol–water partition coefficient (Wildman–Crippen LogP) is 3.06. The fraction of sp³-hybridized carbons (Fsp3) is 0.350. The van der Waals surface area contributed by atoms with E-state index in [1.54, 1.807) is 0 Å². The van der Waals surface area contributed by atoms with Crippen LogP contribution in [0.15, 0.2) is 60.7 Å². The van der Waals surface area contributed by atoms with Crippen molar-refractivity contribution in [1.29, 1.82) is 0 Å². The van der Waals surface area contributed by atoms with Crippen molar-refractivity contribution in [3.8, 4) is 0 Å². The molecule has 3 heteroatoms. The van der Waals surface area contributed by atoms with E-state index in [0.717, 1.165) is 44.8 Å². The van der Waals surface area contributed by atoms with E-state index in [2.05, 4.69) is 17.0 Å². The molecule has 0 unspecified atom stereocenters. The SMILES string of the molecule is O=C(c1ccccc1)[C@H](Cc1ccccc1)CN1CCOCC1. The zero-order valence-electron chi connectivity index (χ0n) is 13.4. The van der Waals surface area contributed by atoms with E-state index in [4.69, 9.17) is 4.74 Å². The highest BCUT2D eigenvalue weighted by molar-refractivity contribution is 5.98. The molecule has 0 aliphatic carbocycles. The number of Topliss-reactive ketones (excluding diaryl/α,β-unsaturated/α-hetero) is 1. The summed E-state index contributed by atoms with van der Waals surface area (Å²) in [5.41, 5.74) is 2.02. The van der Waals surface area contributed by atoms with E-state index in [1.165, 1.54) is 5.56 Å². The van der Waals surface area contributed by atoms with Gasteiger partial charge in [-0.1, -0.05) is 60.7 Å². The third kappa shape index (κ3) is 4.50. The number of carbonyl (C=O) groups is 1. The van der Waals surface area contributed by atoms with Crippen LogP contribution in [0.2, 0.25) is 0 Å². The van der Waals surface area contributed by atoms with Crippen molar-refractivity contribution in [2.45, 2.75) is 6.42 Å². The molecular formula is C20H23NO2. The highest BCUT2D eigenvalue weighted by atomic mass is 16.5. The Bertz CT molecular complexity index is 606. The van der Waals surface area contributed by atoms with Crippen LogP contribution in [-0.2, 0) is 11.2 Å². The monoisotopic (exact) mass is 309 g/mol. The Morgan fingerprint density at radius 2 is 1.57 bits per heavy atom.